The molecular weight excluding hydrogens is 186 g/mol. The van der Waals surface area contributed by atoms with Gasteiger partial charge in [-0.25, -0.2) is 0 Å². The molecule has 0 aromatic heterocycles. The summed E-state index contributed by atoms with van der Waals surface area (Å²) in [5, 5.41) is 6.64. The van der Waals surface area contributed by atoms with Crippen LogP contribution in [0.15, 0.2) is 5.10 Å². The van der Waals surface area contributed by atoms with Crippen molar-refractivity contribution in [2.24, 2.45) is 10.5 Å². The quantitative estimate of drug-likeness (QED) is 0.712. The second-order valence-electron chi connectivity index (χ2n) is 5.49. The van der Waals surface area contributed by atoms with Crippen LogP contribution in [0.25, 0.3) is 0 Å². The summed E-state index contributed by atoms with van der Waals surface area (Å²) >= 11 is 0. The van der Waals surface area contributed by atoms with E-state index >= 15 is 0 Å². The Hall–Kier alpha value is -0.730. The van der Waals surface area contributed by atoms with E-state index in [1.54, 1.807) is 0 Å². The van der Waals surface area contributed by atoms with Crippen LogP contribution in [0.5, 0.6) is 0 Å². The molecule has 0 fully saturated rings. The van der Waals surface area contributed by atoms with Crippen molar-refractivity contribution in [2.45, 2.75) is 53.6 Å². The number of hydrogen-bond acceptors (Lipinski definition) is 3. The lowest BCUT2D eigenvalue weighted by molar-refractivity contribution is 0.104. The maximum absolute atomic E-state index is 4.45. The molecule has 1 rings (SSSR count). The first kappa shape index (κ1) is 12.3. The maximum atomic E-state index is 4.45. The van der Waals surface area contributed by atoms with Crippen molar-refractivity contribution in [3.8, 4) is 0 Å². The van der Waals surface area contributed by atoms with Crippen molar-refractivity contribution in [1.82, 2.24) is 9.91 Å². The maximum Gasteiger partial charge on any atom is 0.119 e. The number of nitrogens with zero attached hydrogens (tertiary/aromatic N) is 3. The van der Waals surface area contributed by atoms with Crippen LogP contribution in [0, 0.1) is 5.41 Å². The van der Waals surface area contributed by atoms with Crippen LogP contribution in [0.4, 0.5) is 0 Å². The second kappa shape index (κ2) is 4.86. The van der Waals surface area contributed by atoms with Crippen LogP contribution >= 0.6 is 0 Å². The van der Waals surface area contributed by atoms with E-state index in [1.165, 1.54) is 12.8 Å². The fourth-order valence-corrected chi connectivity index (χ4v) is 2.02. The molecule has 0 bridgehead atoms. The summed E-state index contributed by atoms with van der Waals surface area (Å²) in [6, 6.07) is 0. The van der Waals surface area contributed by atoms with Gasteiger partial charge in [-0.05, 0) is 18.8 Å². The summed E-state index contributed by atoms with van der Waals surface area (Å²) in [6.07, 6.45) is 4.91. The van der Waals surface area contributed by atoms with Gasteiger partial charge in [0.05, 0.1) is 0 Å². The molecule has 0 saturated heterocycles. The van der Waals surface area contributed by atoms with Crippen LogP contribution in [0.1, 0.15) is 47.5 Å². The summed E-state index contributed by atoms with van der Waals surface area (Å²) in [4.78, 5) is 2.38. The average Bonchev–Trinajstić information content (AvgIpc) is 2.47. The zero-order valence-electron chi connectivity index (χ0n) is 10.8. The van der Waals surface area contributed by atoms with Crippen LogP contribution in [0.2, 0.25) is 0 Å². The summed E-state index contributed by atoms with van der Waals surface area (Å²) < 4.78 is 0. The van der Waals surface area contributed by atoms with E-state index in [1.807, 2.05) is 6.34 Å². The highest BCUT2D eigenvalue weighted by Gasteiger charge is 2.28. The predicted octanol–water partition coefficient (Wildman–Crippen LogP) is 2.74. The van der Waals surface area contributed by atoms with Crippen molar-refractivity contribution < 1.29 is 0 Å². The molecule has 3 heteroatoms. The van der Waals surface area contributed by atoms with E-state index in [0.29, 0.717) is 11.6 Å². The van der Waals surface area contributed by atoms with E-state index in [4.69, 9.17) is 0 Å². The van der Waals surface area contributed by atoms with Gasteiger partial charge in [0.15, 0.2) is 0 Å². The molecule has 0 spiro atoms. The van der Waals surface area contributed by atoms with Crippen molar-refractivity contribution in [3.05, 3.63) is 0 Å². The van der Waals surface area contributed by atoms with Crippen molar-refractivity contribution in [1.29, 1.82) is 0 Å². The minimum atomic E-state index is 0.335. The average molecular weight is 211 g/mol. The van der Waals surface area contributed by atoms with Crippen molar-refractivity contribution in [3.63, 3.8) is 0 Å². The van der Waals surface area contributed by atoms with Gasteiger partial charge in [0, 0.05) is 13.1 Å². The SMILES string of the molecule is CCCC1N(CC(C)(C)C)C=NN1CC. The van der Waals surface area contributed by atoms with Gasteiger partial charge in [-0.3, -0.25) is 5.01 Å². The molecule has 0 aromatic carbocycles. The minimum Gasteiger partial charge on any atom is -0.339 e. The number of hydrazone groups is 1. The predicted molar refractivity (Wildman–Crippen MR) is 65.7 cm³/mol. The Morgan fingerprint density at radius 2 is 1.93 bits per heavy atom. The first-order chi connectivity index (χ1) is 6.98. The smallest absolute Gasteiger partial charge is 0.119 e. The molecule has 1 aliphatic heterocycles. The molecule has 1 aliphatic rings. The van der Waals surface area contributed by atoms with E-state index in [-0.39, 0.29) is 0 Å². The molecule has 0 aliphatic carbocycles. The molecule has 0 amide bonds. The zero-order valence-corrected chi connectivity index (χ0v) is 10.8. The van der Waals surface area contributed by atoms with Gasteiger partial charge in [-0.2, -0.15) is 5.10 Å². The minimum absolute atomic E-state index is 0.335. The summed E-state index contributed by atoms with van der Waals surface area (Å²) in [6.45, 7) is 13.3. The Kier molecular flexibility index (Phi) is 4.00. The topological polar surface area (TPSA) is 18.8 Å². The summed E-state index contributed by atoms with van der Waals surface area (Å²) in [5.74, 6) is 0. The summed E-state index contributed by atoms with van der Waals surface area (Å²) in [7, 11) is 0. The van der Waals surface area contributed by atoms with Crippen molar-refractivity contribution in [2.75, 3.05) is 13.1 Å². The molecular formula is C12H25N3. The van der Waals surface area contributed by atoms with E-state index in [0.717, 1.165) is 13.1 Å². The highest BCUT2D eigenvalue weighted by molar-refractivity contribution is 5.57. The van der Waals surface area contributed by atoms with E-state index < -0.39 is 0 Å². The molecule has 1 heterocycles. The van der Waals surface area contributed by atoms with Gasteiger partial charge in [0.25, 0.3) is 0 Å². The molecule has 0 radical (unpaired) electrons. The standard InChI is InChI=1S/C12H25N3/c1-6-8-11-14(9-12(3,4)5)10-13-15(11)7-2/h10-11H,6-9H2,1-5H3. The Balaban J connectivity index is 2.60. The highest BCUT2D eigenvalue weighted by Crippen LogP contribution is 2.22. The third-order valence-electron chi connectivity index (χ3n) is 2.60. The van der Waals surface area contributed by atoms with Gasteiger partial charge < -0.3 is 4.90 Å². The molecule has 88 valence electrons. The number of rotatable bonds is 4. The van der Waals surface area contributed by atoms with E-state index in [2.05, 4.69) is 49.6 Å². The fraction of sp³-hybridized carbons (Fsp3) is 0.917. The highest BCUT2D eigenvalue weighted by atomic mass is 15.6. The monoisotopic (exact) mass is 211 g/mol. The van der Waals surface area contributed by atoms with Crippen LogP contribution in [-0.2, 0) is 0 Å². The largest absolute Gasteiger partial charge is 0.339 e. The molecule has 1 atom stereocenters. The Morgan fingerprint density at radius 3 is 2.40 bits per heavy atom. The first-order valence-electron chi connectivity index (χ1n) is 6.04. The van der Waals surface area contributed by atoms with Gasteiger partial charge in [0.1, 0.15) is 12.5 Å². The molecule has 1 unspecified atom stereocenters. The lowest BCUT2D eigenvalue weighted by atomic mass is 9.96. The van der Waals surface area contributed by atoms with Gasteiger partial charge >= 0.3 is 0 Å². The van der Waals surface area contributed by atoms with Crippen LogP contribution < -0.4 is 0 Å². The third-order valence-corrected chi connectivity index (χ3v) is 2.60. The van der Waals surface area contributed by atoms with Gasteiger partial charge in [-0.1, -0.05) is 34.1 Å². The lowest BCUT2D eigenvalue weighted by Gasteiger charge is -2.34. The third kappa shape index (κ3) is 3.40. The fourth-order valence-electron chi connectivity index (χ4n) is 2.02. The Labute approximate surface area is 94.1 Å². The Morgan fingerprint density at radius 1 is 1.27 bits per heavy atom. The molecule has 3 nitrogen and oxygen atoms in total. The first-order valence-corrected chi connectivity index (χ1v) is 6.04. The Bertz CT molecular complexity index is 217. The molecule has 0 N–H and O–H groups in total. The molecule has 0 saturated carbocycles. The van der Waals surface area contributed by atoms with E-state index in [9.17, 15) is 0 Å². The zero-order chi connectivity index (χ0) is 11.5. The summed E-state index contributed by atoms with van der Waals surface area (Å²) in [5.41, 5.74) is 0.335. The molecule has 0 aromatic rings. The normalized spacial score (nSPS) is 21.5. The van der Waals surface area contributed by atoms with Gasteiger partial charge in [0.2, 0.25) is 0 Å². The molecule has 15 heavy (non-hydrogen) atoms. The van der Waals surface area contributed by atoms with Crippen molar-refractivity contribution >= 4 is 6.34 Å². The van der Waals surface area contributed by atoms with Gasteiger partial charge in [-0.15, -0.1) is 0 Å². The number of hydrogen-bond donors (Lipinski definition) is 0. The van der Waals surface area contributed by atoms with Crippen LogP contribution in [-0.4, -0.2) is 35.5 Å². The van der Waals surface area contributed by atoms with Crippen LogP contribution in [0.3, 0.4) is 0 Å². The lowest BCUT2D eigenvalue weighted by Crippen LogP contribution is -2.43. The second-order valence-corrected chi connectivity index (χ2v) is 5.49.